The maximum Gasteiger partial charge on any atom is 0.260 e. The van der Waals surface area contributed by atoms with Crippen molar-refractivity contribution in [1.82, 2.24) is 9.29 Å². The number of fused-ring (bicyclic) bond motifs is 1. The third kappa shape index (κ3) is 5.29. The molecule has 36 heavy (non-hydrogen) atoms. The van der Waals surface area contributed by atoms with E-state index in [0.29, 0.717) is 42.0 Å². The molecular weight excluding hydrogens is 522 g/mol. The van der Waals surface area contributed by atoms with Gasteiger partial charge in [0.15, 0.2) is 5.13 Å². The second-order valence-corrected chi connectivity index (χ2v) is 12.6. The van der Waals surface area contributed by atoms with E-state index in [9.17, 15) is 13.2 Å². The molecule has 1 amide bonds. The summed E-state index contributed by atoms with van der Waals surface area (Å²) in [5, 5.41) is 1.16. The molecule has 2 fully saturated rings. The number of carbonyl (C=O) groups is 1. The molecule has 3 unspecified atom stereocenters. The Hall–Kier alpha value is -2.08. The third-order valence-corrected chi connectivity index (χ3v) is 9.47. The van der Waals surface area contributed by atoms with Gasteiger partial charge in [0.25, 0.3) is 5.91 Å². The van der Waals surface area contributed by atoms with Gasteiger partial charge >= 0.3 is 0 Å². The molecule has 0 aliphatic carbocycles. The second kappa shape index (κ2) is 10.4. The van der Waals surface area contributed by atoms with E-state index in [1.54, 1.807) is 23.1 Å². The lowest BCUT2D eigenvalue weighted by Gasteiger charge is -2.34. The normalized spacial score (nSPS) is 23.2. The van der Waals surface area contributed by atoms with Crippen molar-refractivity contribution in [1.29, 1.82) is 0 Å². The van der Waals surface area contributed by atoms with Crippen LogP contribution in [0.1, 0.15) is 37.0 Å². The molecule has 3 aromatic rings. The van der Waals surface area contributed by atoms with Crippen LogP contribution in [-0.2, 0) is 19.5 Å². The quantitative estimate of drug-likeness (QED) is 0.447. The Morgan fingerprint density at radius 1 is 1.17 bits per heavy atom. The number of benzene rings is 2. The highest BCUT2D eigenvalue weighted by atomic mass is 35.5. The summed E-state index contributed by atoms with van der Waals surface area (Å²) in [7, 11) is -3.70. The van der Waals surface area contributed by atoms with Crippen molar-refractivity contribution >= 4 is 54.2 Å². The first-order valence-electron chi connectivity index (χ1n) is 12.0. The van der Waals surface area contributed by atoms with E-state index in [0.717, 1.165) is 23.1 Å². The summed E-state index contributed by atoms with van der Waals surface area (Å²) in [6.07, 6.45) is 1.38. The van der Waals surface area contributed by atoms with Crippen LogP contribution < -0.4 is 4.90 Å². The molecule has 2 aromatic carbocycles. The van der Waals surface area contributed by atoms with Crippen molar-refractivity contribution in [2.75, 3.05) is 31.1 Å². The highest BCUT2D eigenvalue weighted by Gasteiger charge is 2.33. The molecule has 11 heteroatoms. The van der Waals surface area contributed by atoms with Crippen molar-refractivity contribution in [3.05, 3.63) is 53.1 Å². The van der Waals surface area contributed by atoms with Crippen LogP contribution in [0.25, 0.3) is 10.2 Å². The van der Waals surface area contributed by atoms with Crippen molar-refractivity contribution in [3.8, 4) is 0 Å². The van der Waals surface area contributed by atoms with E-state index < -0.39 is 10.0 Å². The molecule has 8 nitrogen and oxygen atoms in total. The van der Waals surface area contributed by atoms with Gasteiger partial charge in [0.05, 0.1) is 40.0 Å². The molecule has 2 aliphatic heterocycles. The first-order valence-corrected chi connectivity index (χ1v) is 14.6. The van der Waals surface area contributed by atoms with Crippen LogP contribution in [0.2, 0.25) is 5.02 Å². The van der Waals surface area contributed by atoms with E-state index in [1.165, 1.54) is 27.8 Å². The molecule has 0 radical (unpaired) electrons. The number of amides is 1. The fraction of sp³-hybridized carbons (Fsp3) is 0.440. The van der Waals surface area contributed by atoms with Gasteiger partial charge in [-0.3, -0.25) is 9.69 Å². The maximum atomic E-state index is 13.7. The molecule has 0 spiro atoms. The monoisotopic (exact) mass is 549 g/mol. The molecule has 192 valence electrons. The van der Waals surface area contributed by atoms with Crippen LogP contribution in [0.5, 0.6) is 0 Å². The number of carbonyl (C=O) groups excluding carboxylic acids is 1. The number of thiazole rings is 1. The lowest BCUT2D eigenvalue weighted by Crippen LogP contribution is -2.48. The van der Waals surface area contributed by atoms with Crippen LogP contribution in [0.3, 0.4) is 0 Å². The Morgan fingerprint density at radius 2 is 1.89 bits per heavy atom. The zero-order chi connectivity index (χ0) is 25.4. The van der Waals surface area contributed by atoms with E-state index in [1.807, 2.05) is 26.0 Å². The van der Waals surface area contributed by atoms with Crippen molar-refractivity contribution in [2.45, 2.75) is 49.9 Å². The number of halogens is 1. The predicted molar refractivity (Wildman–Crippen MR) is 140 cm³/mol. The van der Waals surface area contributed by atoms with Gasteiger partial charge < -0.3 is 9.47 Å². The van der Waals surface area contributed by atoms with E-state index in [4.69, 9.17) is 21.1 Å². The number of aromatic nitrogens is 1. The van der Waals surface area contributed by atoms with Gasteiger partial charge in [-0.15, -0.1) is 0 Å². The summed E-state index contributed by atoms with van der Waals surface area (Å²) in [4.78, 5) is 20.1. The molecule has 0 saturated carbocycles. The fourth-order valence-electron chi connectivity index (χ4n) is 4.64. The Labute approximate surface area is 219 Å². The zero-order valence-corrected chi connectivity index (χ0v) is 22.5. The van der Waals surface area contributed by atoms with Crippen LogP contribution in [0.15, 0.2) is 47.4 Å². The van der Waals surface area contributed by atoms with Crippen LogP contribution in [-0.4, -0.2) is 68.2 Å². The summed E-state index contributed by atoms with van der Waals surface area (Å²) in [6.45, 7) is 5.36. The van der Waals surface area contributed by atoms with Crippen molar-refractivity contribution < 1.29 is 22.7 Å². The average molecular weight is 550 g/mol. The molecular formula is C25H28ClN3O5S2. The lowest BCUT2D eigenvalue weighted by molar-refractivity contribution is -0.0440. The van der Waals surface area contributed by atoms with Crippen molar-refractivity contribution in [3.63, 3.8) is 0 Å². The van der Waals surface area contributed by atoms with Gasteiger partial charge in [0.1, 0.15) is 0 Å². The van der Waals surface area contributed by atoms with Gasteiger partial charge in [-0.05, 0) is 69.2 Å². The summed E-state index contributed by atoms with van der Waals surface area (Å²) < 4.78 is 40.2. The maximum absolute atomic E-state index is 13.7. The van der Waals surface area contributed by atoms with Gasteiger partial charge in [0.2, 0.25) is 10.0 Å². The smallest absolute Gasteiger partial charge is 0.260 e. The Balaban J connectivity index is 1.42. The first kappa shape index (κ1) is 25.6. The third-order valence-electron chi connectivity index (χ3n) is 6.35. The summed E-state index contributed by atoms with van der Waals surface area (Å²) in [5.74, 6) is -0.256. The summed E-state index contributed by atoms with van der Waals surface area (Å²) in [5.41, 5.74) is 1.15. The van der Waals surface area contributed by atoms with Gasteiger partial charge in [0, 0.05) is 30.3 Å². The number of hydrogen-bond acceptors (Lipinski definition) is 7. The van der Waals surface area contributed by atoms with Crippen LogP contribution in [0, 0.1) is 0 Å². The highest BCUT2D eigenvalue weighted by Crippen LogP contribution is 2.33. The minimum atomic E-state index is -3.70. The Kier molecular flexibility index (Phi) is 7.35. The summed E-state index contributed by atoms with van der Waals surface area (Å²) in [6, 6.07) is 11.6. The minimum Gasteiger partial charge on any atom is -0.376 e. The van der Waals surface area contributed by atoms with Crippen LogP contribution >= 0.6 is 22.9 Å². The molecule has 5 rings (SSSR count). The molecule has 2 saturated heterocycles. The predicted octanol–water partition coefficient (Wildman–Crippen LogP) is 4.57. The highest BCUT2D eigenvalue weighted by molar-refractivity contribution is 7.89. The number of morpholine rings is 1. The van der Waals surface area contributed by atoms with Crippen LogP contribution in [0.4, 0.5) is 5.13 Å². The van der Waals surface area contributed by atoms with E-state index in [2.05, 4.69) is 4.98 Å². The number of ether oxygens (including phenoxy) is 2. The SMILES string of the molecule is CC1CN(S(=O)(=O)c2ccc(C(=O)N(CC3CCCO3)c3nc4ccc(Cl)cc4s3)cc2)CC(C)O1. The molecule has 3 heterocycles. The molecule has 0 bridgehead atoms. The number of hydrogen-bond donors (Lipinski definition) is 0. The minimum absolute atomic E-state index is 0.0745. The fourth-order valence-corrected chi connectivity index (χ4v) is 7.48. The Morgan fingerprint density at radius 3 is 2.56 bits per heavy atom. The van der Waals surface area contributed by atoms with E-state index in [-0.39, 0.29) is 29.1 Å². The number of sulfonamides is 1. The largest absolute Gasteiger partial charge is 0.376 e. The topological polar surface area (TPSA) is 89.0 Å². The van der Waals surface area contributed by atoms with Crippen molar-refractivity contribution in [2.24, 2.45) is 0 Å². The van der Waals surface area contributed by atoms with Gasteiger partial charge in [-0.2, -0.15) is 4.31 Å². The average Bonchev–Trinajstić information content (AvgIpc) is 3.51. The first-order chi connectivity index (χ1) is 17.2. The van der Waals surface area contributed by atoms with E-state index >= 15 is 0 Å². The second-order valence-electron chi connectivity index (χ2n) is 9.26. The molecule has 3 atom stereocenters. The zero-order valence-electron chi connectivity index (χ0n) is 20.1. The van der Waals surface area contributed by atoms with Gasteiger partial charge in [-0.1, -0.05) is 22.9 Å². The van der Waals surface area contributed by atoms with Gasteiger partial charge in [-0.25, -0.2) is 13.4 Å². The standard InChI is InChI=1S/C25H28ClN3O5S2/c1-16-13-28(14-17(2)34-16)36(31,32)21-8-5-18(6-9-21)24(30)29(15-20-4-3-11-33-20)25-27-22-10-7-19(26)12-23(22)35-25/h5-10,12,16-17,20H,3-4,11,13-15H2,1-2H3. The molecule has 0 N–H and O–H groups in total. The summed E-state index contributed by atoms with van der Waals surface area (Å²) >= 11 is 7.54. The lowest BCUT2D eigenvalue weighted by atomic mass is 10.2. The number of rotatable bonds is 6. The molecule has 1 aromatic heterocycles. The number of anilines is 1. The molecule has 2 aliphatic rings. The Bertz CT molecular complexity index is 1350. The number of nitrogens with zero attached hydrogens (tertiary/aromatic N) is 3.